The van der Waals surface area contributed by atoms with Gasteiger partial charge in [-0.05, 0) is 52.3 Å². The van der Waals surface area contributed by atoms with Gasteiger partial charge in [0.25, 0.3) is 0 Å². The molecule has 0 aliphatic heterocycles. The molecule has 0 aliphatic rings. The van der Waals surface area contributed by atoms with Crippen molar-refractivity contribution in [2.24, 2.45) is 0 Å². The van der Waals surface area contributed by atoms with E-state index in [4.69, 9.17) is 14.2 Å². The highest BCUT2D eigenvalue weighted by Gasteiger charge is 2.24. The van der Waals surface area contributed by atoms with E-state index in [1.165, 1.54) is 0 Å². The van der Waals surface area contributed by atoms with E-state index >= 15 is 0 Å². The lowest BCUT2D eigenvalue weighted by Crippen LogP contribution is -2.27. The van der Waals surface area contributed by atoms with Crippen LogP contribution in [-0.4, -0.2) is 39.9 Å². The lowest BCUT2D eigenvalue weighted by Gasteiger charge is -2.23. The van der Waals surface area contributed by atoms with E-state index in [2.05, 4.69) is 48.1 Å². The summed E-state index contributed by atoms with van der Waals surface area (Å²) < 4.78 is 18.8. The molecule has 0 bridgehead atoms. The first-order valence-corrected chi connectivity index (χ1v) is 12.2. The number of pyridine rings is 2. The molecular formula is C28H33N5O4. The van der Waals surface area contributed by atoms with Crippen LogP contribution in [0.2, 0.25) is 0 Å². The van der Waals surface area contributed by atoms with Crippen molar-refractivity contribution in [2.75, 3.05) is 19.5 Å². The molecule has 194 valence electrons. The lowest BCUT2D eigenvalue weighted by atomic mass is 10.1. The van der Waals surface area contributed by atoms with Gasteiger partial charge in [0.2, 0.25) is 5.91 Å². The predicted octanol–water partition coefficient (Wildman–Crippen LogP) is 5.44. The minimum atomic E-state index is -0.280. The minimum absolute atomic E-state index is 0.0406. The average Bonchev–Trinajstić information content (AvgIpc) is 3.19. The number of hydrogen-bond donors (Lipinski definition) is 1. The molecule has 1 N–H and O–H groups in total. The van der Waals surface area contributed by atoms with Crippen LogP contribution in [0.5, 0.6) is 23.0 Å². The number of rotatable bonds is 8. The Hall–Kier alpha value is -4.14. The molecule has 0 atom stereocenters. The molecule has 0 spiro atoms. The van der Waals surface area contributed by atoms with Crippen molar-refractivity contribution in [2.45, 2.75) is 53.0 Å². The topological polar surface area (TPSA) is 100 Å². The largest absolute Gasteiger partial charge is 0.497 e. The van der Waals surface area contributed by atoms with Gasteiger partial charge in [-0.1, -0.05) is 6.92 Å². The van der Waals surface area contributed by atoms with Crippen molar-refractivity contribution in [3.8, 4) is 23.0 Å². The van der Waals surface area contributed by atoms with Crippen LogP contribution in [0.15, 0.2) is 42.7 Å². The molecule has 9 nitrogen and oxygen atoms in total. The molecule has 3 heterocycles. The lowest BCUT2D eigenvalue weighted by molar-refractivity contribution is -0.115. The van der Waals surface area contributed by atoms with Crippen molar-refractivity contribution in [1.29, 1.82) is 0 Å². The summed E-state index contributed by atoms with van der Waals surface area (Å²) in [5.74, 6) is 2.81. The van der Waals surface area contributed by atoms with Gasteiger partial charge in [-0.15, -0.1) is 0 Å². The van der Waals surface area contributed by atoms with E-state index in [1.807, 2.05) is 29.8 Å². The number of carbonyl (C=O) groups is 1. The number of carbonyl (C=O) groups excluding carboxylic acids is 1. The number of fused-ring (bicyclic) bond motifs is 1. The molecule has 4 aromatic rings. The Morgan fingerprint density at radius 2 is 1.81 bits per heavy atom. The molecular weight excluding hydrogens is 470 g/mol. The number of methoxy groups -OCH3 is 2. The highest BCUT2D eigenvalue weighted by atomic mass is 16.5. The minimum Gasteiger partial charge on any atom is -0.497 e. The second kappa shape index (κ2) is 10.5. The van der Waals surface area contributed by atoms with E-state index in [0.29, 0.717) is 22.9 Å². The Morgan fingerprint density at radius 3 is 2.49 bits per heavy atom. The number of anilines is 1. The number of hydrogen-bond acceptors (Lipinski definition) is 7. The van der Waals surface area contributed by atoms with Crippen molar-refractivity contribution in [1.82, 2.24) is 19.7 Å². The van der Waals surface area contributed by atoms with Crippen LogP contribution in [0.1, 0.15) is 44.6 Å². The first-order chi connectivity index (χ1) is 17.6. The Morgan fingerprint density at radius 1 is 1.03 bits per heavy atom. The first-order valence-electron chi connectivity index (χ1n) is 12.2. The number of ether oxygens (including phenoxy) is 3. The molecule has 0 fully saturated rings. The Labute approximate surface area is 216 Å². The quantitative estimate of drug-likeness (QED) is 0.342. The fourth-order valence-electron chi connectivity index (χ4n) is 4.19. The summed E-state index contributed by atoms with van der Waals surface area (Å²) in [5, 5.41) is 8.56. The van der Waals surface area contributed by atoms with Crippen molar-refractivity contribution < 1.29 is 19.0 Å². The molecule has 1 amide bonds. The predicted molar refractivity (Wildman–Crippen MR) is 143 cm³/mol. The molecule has 3 aromatic heterocycles. The number of aryl methyl sites for hydroxylation is 1. The Kier molecular flexibility index (Phi) is 7.33. The average molecular weight is 504 g/mol. The van der Waals surface area contributed by atoms with Crippen LogP contribution >= 0.6 is 0 Å². The smallest absolute Gasteiger partial charge is 0.231 e. The summed E-state index contributed by atoms with van der Waals surface area (Å²) in [4.78, 5) is 22.0. The molecule has 0 saturated carbocycles. The second-order valence-corrected chi connectivity index (χ2v) is 9.69. The number of benzene rings is 1. The summed E-state index contributed by atoms with van der Waals surface area (Å²) in [6.07, 6.45) is 4.07. The fraction of sp³-hybridized carbons (Fsp3) is 0.357. The van der Waals surface area contributed by atoms with Crippen LogP contribution < -0.4 is 19.5 Å². The van der Waals surface area contributed by atoms with Crippen LogP contribution in [0.4, 0.5) is 5.82 Å². The maximum absolute atomic E-state index is 13.1. The van der Waals surface area contributed by atoms with Gasteiger partial charge in [-0.3, -0.25) is 14.8 Å². The van der Waals surface area contributed by atoms with Gasteiger partial charge in [0.15, 0.2) is 0 Å². The van der Waals surface area contributed by atoms with Gasteiger partial charge in [0.05, 0.1) is 49.3 Å². The van der Waals surface area contributed by atoms with Crippen LogP contribution in [0.3, 0.4) is 0 Å². The first kappa shape index (κ1) is 25.9. The molecule has 0 saturated heterocycles. The highest BCUT2D eigenvalue weighted by molar-refractivity contribution is 5.92. The molecule has 4 rings (SSSR count). The second-order valence-electron chi connectivity index (χ2n) is 9.69. The summed E-state index contributed by atoms with van der Waals surface area (Å²) in [6.45, 7) is 10.2. The van der Waals surface area contributed by atoms with E-state index in [0.717, 1.165) is 40.1 Å². The summed E-state index contributed by atoms with van der Waals surface area (Å²) in [7, 11) is 3.16. The summed E-state index contributed by atoms with van der Waals surface area (Å²) >= 11 is 0. The zero-order valence-electron chi connectivity index (χ0n) is 22.4. The molecule has 0 unspecified atom stereocenters. The van der Waals surface area contributed by atoms with Gasteiger partial charge in [-0.2, -0.15) is 5.10 Å². The van der Waals surface area contributed by atoms with Gasteiger partial charge >= 0.3 is 0 Å². The van der Waals surface area contributed by atoms with Gasteiger partial charge < -0.3 is 19.5 Å². The zero-order chi connectivity index (χ0) is 26.7. The maximum Gasteiger partial charge on any atom is 0.231 e. The highest BCUT2D eigenvalue weighted by Crippen LogP contribution is 2.33. The van der Waals surface area contributed by atoms with Crippen LogP contribution in [0.25, 0.3) is 10.9 Å². The SMILES string of the molecule is CCc1c(C)nn(C(C)(C)C)c1NC(=O)Cc1ncc(Oc2ccnc3cc(OC)ccc23)cc1OC. The van der Waals surface area contributed by atoms with E-state index in [1.54, 1.807) is 38.7 Å². The number of nitrogens with one attached hydrogen (secondary N) is 1. The monoisotopic (exact) mass is 503 g/mol. The van der Waals surface area contributed by atoms with Crippen LogP contribution in [0, 0.1) is 6.92 Å². The number of amides is 1. The molecule has 0 radical (unpaired) electrons. The third kappa shape index (κ3) is 5.50. The van der Waals surface area contributed by atoms with E-state index in [-0.39, 0.29) is 17.9 Å². The summed E-state index contributed by atoms with van der Waals surface area (Å²) in [5.41, 5.74) is 2.91. The van der Waals surface area contributed by atoms with Crippen molar-refractivity contribution in [3.63, 3.8) is 0 Å². The normalized spacial score (nSPS) is 11.4. The molecule has 37 heavy (non-hydrogen) atoms. The Bertz CT molecular complexity index is 1440. The molecule has 0 aliphatic carbocycles. The third-order valence-electron chi connectivity index (χ3n) is 6.02. The third-order valence-corrected chi connectivity index (χ3v) is 6.02. The van der Waals surface area contributed by atoms with Gasteiger partial charge in [0, 0.05) is 29.3 Å². The van der Waals surface area contributed by atoms with E-state index < -0.39 is 0 Å². The zero-order valence-corrected chi connectivity index (χ0v) is 22.4. The Balaban J connectivity index is 1.55. The van der Waals surface area contributed by atoms with Crippen molar-refractivity contribution >= 4 is 22.6 Å². The summed E-state index contributed by atoms with van der Waals surface area (Å²) in [6, 6.07) is 9.11. The van der Waals surface area contributed by atoms with Crippen molar-refractivity contribution in [3.05, 3.63) is 59.7 Å². The molecule has 9 heteroatoms. The standard InChI is InChI=1S/C28H33N5O4/c1-8-20-17(2)32-33(28(3,4)5)27(20)31-26(34)15-23-25(36-7)14-19(16-30-23)37-24-11-12-29-22-13-18(35-6)9-10-21(22)24/h9-14,16H,8,15H2,1-7H3,(H,31,34). The van der Waals surface area contributed by atoms with Crippen LogP contribution in [-0.2, 0) is 23.2 Å². The number of nitrogens with zero attached hydrogens (tertiary/aromatic N) is 4. The van der Waals surface area contributed by atoms with Gasteiger partial charge in [-0.25, -0.2) is 4.68 Å². The fourth-order valence-corrected chi connectivity index (χ4v) is 4.19. The van der Waals surface area contributed by atoms with Gasteiger partial charge in [0.1, 0.15) is 28.8 Å². The molecule has 1 aromatic carbocycles. The maximum atomic E-state index is 13.1. The van der Waals surface area contributed by atoms with E-state index in [9.17, 15) is 4.79 Å². The number of aromatic nitrogens is 4.